The Balaban J connectivity index is 2.00. The zero-order valence-corrected chi connectivity index (χ0v) is 12.0. The molecule has 0 N–H and O–H groups in total. The maximum atomic E-state index is 13.1. The third-order valence-corrected chi connectivity index (χ3v) is 4.96. The van der Waals surface area contributed by atoms with Crippen LogP contribution >= 0.6 is 11.8 Å². The smallest absolute Gasteiger partial charge is 0.123 e. The lowest BCUT2D eigenvalue weighted by molar-refractivity contribution is 0.625. The molecule has 20 heavy (non-hydrogen) atoms. The quantitative estimate of drug-likeness (QED) is 0.749. The fourth-order valence-corrected chi connectivity index (χ4v) is 3.31. The minimum Gasteiger partial charge on any atom is -0.245 e. The van der Waals surface area contributed by atoms with Crippen LogP contribution < -0.4 is 0 Å². The van der Waals surface area contributed by atoms with E-state index in [2.05, 4.69) is 13.5 Å². The Hall–Kier alpha value is -1.87. The molecule has 1 saturated heterocycles. The van der Waals surface area contributed by atoms with E-state index in [-0.39, 0.29) is 11.2 Å². The summed E-state index contributed by atoms with van der Waals surface area (Å²) in [6.45, 7) is 6.18. The predicted octanol–water partition coefficient (Wildman–Crippen LogP) is 5.07. The van der Waals surface area contributed by atoms with Gasteiger partial charge in [-0.1, -0.05) is 48.7 Å². The second kappa shape index (κ2) is 4.91. The second-order valence-electron chi connectivity index (χ2n) is 4.91. The predicted molar refractivity (Wildman–Crippen MR) is 84.0 cm³/mol. The van der Waals surface area contributed by atoms with E-state index in [1.54, 1.807) is 23.9 Å². The van der Waals surface area contributed by atoms with Crippen molar-refractivity contribution >= 4 is 22.5 Å². The number of para-hydroxylation sites is 1. The zero-order valence-electron chi connectivity index (χ0n) is 11.1. The molecule has 0 amide bonds. The summed E-state index contributed by atoms with van der Waals surface area (Å²) >= 11 is 1.59. The van der Waals surface area contributed by atoms with Crippen LogP contribution in [0, 0.1) is 5.82 Å². The van der Waals surface area contributed by atoms with Gasteiger partial charge in [0, 0.05) is 4.91 Å². The van der Waals surface area contributed by atoms with Crippen molar-refractivity contribution in [3.05, 3.63) is 77.5 Å². The summed E-state index contributed by atoms with van der Waals surface area (Å²) in [6.07, 6.45) is 0. The number of nitrogens with zero attached hydrogens (tertiary/aromatic N) is 1. The van der Waals surface area contributed by atoms with Crippen molar-refractivity contribution in [1.82, 2.24) is 0 Å². The number of hydrogen-bond donors (Lipinski definition) is 0. The lowest BCUT2D eigenvalue weighted by atomic mass is 9.82. The second-order valence-corrected chi connectivity index (χ2v) is 5.99. The first-order chi connectivity index (χ1) is 9.60. The van der Waals surface area contributed by atoms with Crippen molar-refractivity contribution in [3.8, 4) is 0 Å². The molecule has 2 aromatic rings. The molecule has 1 heterocycles. The van der Waals surface area contributed by atoms with Gasteiger partial charge in [0.15, 0.2) is 0 Å². The Morgan fingerprint density at radius 1 is 1.05 bits per heavy atom. The SMILES string of the molecule is C=C1SC(=Nc2ccccc2)[C@]1(C)c1ccc(F)cc1. The van der Waals surface area contributed by atoms with E-state index in [0.29, 0.717) is 0 Å². The molecule has 0 aliphatic carbocycles. The summed E-state index contributed by atoms with van der Waals surface area (Å²) in [5.74, 6) is -0.225. The topological polar surface area (TPSA) is 12.4 Å². The molecule has 0 saturated carbocycles. The minimum absolute atomic E-state index is 0.225. The van der Waals surface area contributed by atoms with Crippen LogP contribution in [0.2, 0.25) is 0 Å². The summed E-state index contributed by atoms with van der Waals surface area (Å²) in [5.41, 5.74) is 1.64. The Morgan fingerprint density at radius 3 is 2.30 bits per heavy atom. The van der Waals surface area contributed by atoms with Crippen LogP contribution in [0.4, 0.5) is 10.1 Å². The number of hydrogen-bond acceptors (Lipinski definition) is 2. The summed E-state index contributed by atoms with van der Waals surface area (Å²) in [6, 6.07) is 16.4. The number of thioether (sulfide) groups is 1. The number of rotatable bonds is 2. The maximum Gasteiger partial charge on any atom is 0.123 e. The van der Waals surface area contributed by atoms with E-state index in [1.165, 1.54) is 12.1 Å². The normalized spacial score (nSPS) is 23.7. The summed E-state index contributed by atoms with van der Waals surface area (Å²) in [4.78, 5) is 5.73. The van der Waals surface area contributed by atoms with Gasteiger partial charge in [0.1, 0.15) is 5.82 Å². The molecule has 1 aliphatic heterocycles. The molecule has 0 spiro atoms. The van der Waals surface area contributed by atoms with Gasteiger partial charge in [-0.25, -0.2) is 9.38 Å². The van der Waals surface area contributed by atoms with Crippen LogP contribution in [-0.4, -0.2) is 5.04 Å². The number of allylic oxidation sites excluding steroid dienone is 1. The summed E-state index contributed by atoms with van der Waals surface area (Å²) in [7, 11) is 0. The standard InChI is InChI=1S/C17H14FNS/c1-12-17(2,13-8-10-14(18)11-9-13)16(20-12)19-15-6-4-3-5-7-15/h3-11H,1H2,2H3/t17-/m0/s1. The van der Waals surface area contributed by atoms with Crippen molar-refractivity contribution in [2.24, 2.45) is 4.99 Å². The van der Waals surface area contributed by atoms with Gasteiger partial charge >= 0.3 is 0 Å². The van der Waals surface area contributed by atoms with Gasteiger partial charge in [-0.15, -0.1) is 0 Å². The van der Waals surface area contributed by atoms with Crippen LogP contribution in [0.1, 0.15) is 12.5 Å². The van der Waals surface area contributed by atoms with Gasteiger partial charge in [-0.05, 0) is 36.8 Å². The van der Waals surface area contributed by atoms with Gasteiger partial charge in [-0.3, -0.25) is 0 Å². The first-order valence-corrected chi connectivity index (χ1v) is 7.20. The Morgan fingerprint density at radius 2 is 1.70 bits per heavy atom. The van der Waals surface area contributed by atoms with E-state index < -0.39 is 0 Å². The molecule has 0 aromatic heterocycles. The van der Waals surface area contributed by atoms with Crippen molar-refractivity contribution in [1.29, 1.82) is 0 Å². The molecule has 3 rings (SSSR count). The van der Waals surface area contributed by atoms with E-state index >= 15 is 0 Å². The molecule has 100 valence electrons. The minimum atomic E-state index is -0.311. The molecule has 0 radical (unpaired) electrons. The molecule has 1 nitrogen and oxygen atoms in total. The summed E-state index contributed by atoms with van der Waals surface area (Å²) < 4.78 is 13.1. The van der Waals surface area contributed by atoms with Crippen LogP contribution in [0.25, 0.3) is 0 Å². The average Bonchev–Trinajstić information content (AvgIpc) is 2.48. The molecule has 0 unspecified atom stereocenters. The lowest BCUT2D eigenvalue weighted by Gasteiger charge is -2.42. The van der Waals surface area contributed by atoms with Crippen LogP contribution in [-0.2, 0) is 5.41 Å². The Labute approximate surface area is 122 Å². The fraction of sp³-hybridized carbons (Fsp3) is 0.118. The first-order valence-electron chi connectivity index (χ1n) is 6.38. The van der Waals surface area contributed by atoms with Crippen LogP contribution in [0.3, 0.4) is 0 Å². The van der Waals surface area contributed by atoms with Crippen LogP contribution in [0.5, 0.6) is 0 Å². The Bertz CT molecular complexity index is 676. The molecule has 1 fully saturated rings. The van der Waals surface area contributed by atoms with Gasteiger partial charge < -0.3 is 0 Å². The highest BCUT2D eigenvalue weighted by Gasteiger charge is 2.46. The van der Waals surface area contributed by atoms with Crippen LogP contribution in [0.15, 0.2) is 71.1 Å². The van der Waals surface area contributed by atoms with Gasteiger partial charge in [0.05, 0.1) is 16.1 Å². The number of aliphatic imine (C=N–C) groups is 1. The molecule has 1 atom stereocenters. The number of benzene rings is 2. The molecule has 0 bridgehead atoms. The van der Waals surface area contributed by atoms with E-state index in [0.717, 1.165) is 21.2 Å². The van der Waals surface area contributed by atoms with E-state index in [9.17, 15) is 4.39 Å². The maximum absolute atomic E-state index is 13.1. The molecule has 3 heteroatoms. The molecular formula is C17H14FNS. The van der Waals surface area contributed by atoms with E-state index in [4.69, 9.17) is 4.99 Å². The van der Waals surface area contributed by atoms with Gasteiger partial charge in [0.2, 0.25) is 0 Å². The fourth-order valence-electron chi connectivity index (χ4n) is 2.22. The lowest BCUT2D eigenvalue weighted by Crippen LogP contribution is -2.40. The zero-order chi connectivity index (χ0) is 14.2. The highest BCUT2D eigenvalue weighted by Crippen LogP contribution is 2.53. The summed E-state index contributed by atoms with van der Waals surface area (Å²) in [5, 5.41) is 1.00. The van der Waals surface area contributed by atoms with Crippen molar-refractivity contribution in [3.63, 3.8) is 0 Å². The number of halogens is 1. The van der Waals surface area contributed by atoms with Crippen molar-refractivity contribution in [2.75, 3.05) is 0 Å². The largest absolute Gasteiger partial charge is 0.245 e. The van der Waals surface area contributed by atoms with Gasteiger partial charge in [-0.2, -0.15) is 0 Å². The third kappa shape index (κ3) is 2.08. The average molecular weight is 283 g/mol. The van der Waals surface area contributed by atoms with Gasteiger partial charge in [0.25, 0.3) is 0 Å². The van der Waals surface area contributed by atoms with Crippen molar-refractivity contribution < 1.29 is 4.39 Å². The third-order valence-electron chi connectivity index (χ3n) is 3.61. The van der Waals surface area contributed by atoms with Crippen molar-refractivity contribution in [2.45, 2.75) is 12.3 Å². The monoisotopic (exact) mass is 283 g/mol. The first kappa shape index (κ1) is 13.1. The Kier molecular flexibility index (Phi) is 3.22. The highest BCUT2D eigenvalue weighted by atomic mass is 32.2. The molecule has 2 aromatic carbocycles. The van der Waals surface area contributed by atoms with E-state index in [1.807, 2.05) is 30.3 Å². The molecule has 1 aliphatic rings. The molecular weight excluding hydrogens is 269 g/mol. The highest BCUT2D eigenvalue weighted by molar-refractivity contribution is 8.20.